The second kappa shape index (κ2) is 10.5. The van der Waals surface area contributed by atoms with Crippen LogP contribution in [-0.2, 0) is 0 Å². The van der Waals surface area contributed by atoms with E-state index in [9.17, 15) is 0 Å². The Bertz CT molecular complexity index is 1220. The highest BCUT2D eigenvalue weighted by Gasteiger charge is 2.22. The van der Waals surface area contributed by atoms with Crippen LogP contribution in [0.3, 0.4) is 0 Å². The van der Waals surface area contributed by atoms with Gasteiger partial charge in [0.1, 0.15) is 0 Å². The van der Waals surface area contributed by atoms with Gasteiger partial charge < -0.3 is 0 Å². The molecule has 0 amide bonds. The Hall–Kier alpha value is -3.80. The fraction of sp³-hybridized carbons (Fsp3) is 0.231. The van der Waals surface area contributed by atoms with E-state index in [1.165, 1.54) is 0 Å². The maximum absolute atomic E-state index is 4.77. The highest BCUT2D eigenvalue weighted by molar-refractivity contribution is 6.30. The van der Waals surface area contributed by atoms with Gasteiger partial charge in [-0.3, -0.25) is 30.0 Å². The smallest absolute Gasteiger partial charge is 0.0990 e. The Morgan fingerprint density at radius 3 is 0.875 bits per heavy atom. The van der Waals surface area contributed by atoms with Gasteiger partial charge in [0.2, 0.25) is 0 Å². The fourth-order valence-corrected chi connectivity index (χ4v) is 3.88. The Kier molecular flexibility index (Phi) is 7.49. The molecule has 0 bridgehead atoms. The summed E-state index contributed by atoms with van der Waals surface area (Å²) in [6.45, 7) is 11.4. The molecule has 0 fully saturated rings. The van der Waals surface area contributed by atoms with Crippen molar-refractivity contribution in [3.8, 4) is 0 Å². The van der Waals surface area contributed by atoms with Crippen LogP contribution in [0.2, 0.25) is 0 Å². The Morgan fingerprint density at radius 1 is 0.375 bits per heavy atom. The molecular weight excluding hydrogens is 396 g/mol. The summed E-state index contributed by atoms with van der Waals surface area (Å²) in [7, 11) is 0. The van der Waals surface area contributed by atoms with Crippen molar-refractivity contribution in [2.75, 3.05) is 0 Å². The standard InChI is InChI=1S/C26H28N6/c1-7-27-17-13-15-19(29-9-3)23-21(17)22-18(28-8-2)14-16-20(30-10-4)24(22)26(32-12-6)25(23)31-11-5/h7-16H,1-6H3/b27-7-,28-8-,29-9-,30-10-,31-11?,32-12?. The predicted octanol–water partition coefficient (Wildman–Crippen LogP) is 8.33. The molecular formula is C26H28N6. The minimum absolute atomic E-state index is 0.743. The lowest BCUT2D eigenvalue weighted by atomic mass is 9.93. The van der Waals surface area contributed by atoms with Crippen LogP contribution in [0.5, 0.6) is 0 Å². The monoisotopic (exact) mass is 424 g/mol. The molecule has 0 heterocycles. The number of aliphatic imine (C=N–C) groups is 6. The van der Waals surface area contributed by atoms with E-state index < -0.39 is 0 Å². The Labute approximate surface area is 189 Å². The van der Waals surface area contributed by atoms with E-state index in [1.807, 2.05) is 65.8 Å². The third kappa shape index (κ3) is 4.04. The van der Waals surface area contributed by atoms with Crippen molar-refractivity contribution < 1.29 is 0 Å². The molecule has 0 unspecified atom stereocenters. The molecule has 0 saturated heterocycles. The molecule has 0 atom stereocenters. The van der Waals surface area contributed by atoms with E-state index in [0.717, 1.165) is 55.7 Å². The van der Waals surface area contributed by atoms with Gasteiger partial charge in [0.15, 0.2) is 0 Å². The lowest BCUT2D eigenvalue weighted by molar-refractivity contribution is 1.46. The second-order valence-electron chi connectivity index (χ2n) is 6.73. The topological polar surface area (TPSA) is 74.2 Å². The average molecular weight is 425 g/mol. The van der Waals surface area contributed by atoms with Gasteiger partial charge in [0.05, 0.1) is 34.1 Å². The summed E-state index contributed by atoms with van der Waals surface area (Å²) in [4.78, 5) is 28.2. The van der Waals surface area contributed by atoms with Crippen molar-refractivity contribution in [3.63, 3.8) is 0 Å². The van der Waals surface area contributed by atoms with Crippen LogP contribution < -0.4 is 0 Å². The third-order valence-electron chi connectivity index (χ3n) is 4.86. The minimum Gasteiger partial charge on any atom is -0.261 e. The van der Waals surface area contributed by atoms with Crippen LogP contribution in [0.15, 0.2) is 54.2 Å². The normalized spacial score (nSPS) is 13.2. The predicted molar refractivity (Wildman–Crippen MR) is 144 cm³/mol. The van der Waals surface area contributed by atoms with Crippen LogP contribution in [-0.4, -0.2) is 37.3 Å². The SMILES string of the molecule is CC=Nc1c(N=CC)c2c(/N=C\C)ccc(/N=C\C)c2c2c(/N=C\C)ccc(/N=C\C)c12. The fourth-order valence-electron chi connectivity index (χ4n) is 3.88. The van der Waals surface area contributed by atoms with E-state index in [4.69, 9.17) is 9.98 Å². The van der Waals surface area contributed by atoms with Crippen molar-refractivity contribution in [2.45, 2.75) is 41.5 Å². The van der Waals surface area contributed by atoms with Crippen molar-refractivity contribution in [3.05, 3.63) is 24.3 Å². The van der Waals surface area contributed by atoms with Crippen LogP contribution in [0, 0.1) is 0 Å². The lowest BCUT2D eigenvalue weighted by Gasteiger charge is -2.18. The van der Waals surface area contributed by atoms with Crippen molar-refractivity contribution in [2.24, 2.45) is 30.0 Å². The first-order chi connectivity index (χ1) is 15.7. The summed E-state index contributed by atoms with van der Waals surface area (Å²) in [6.07, 6.45) is 10.7. The van der Waals surface area contributed by atoms with E-state index in [0.29, 0.717) is 0 Å². The largest absolute Gasteiger partial charge is 0.261 e. The Balaban J connectivity index is 2.89. The molecule has 0 spiro atoms. The van der Waals surface area contributed by atoms with Crippen molar-refractivity contribution >= 4 is 93.0 Å². The molecule has 0 saturated carbocycles. The van der Waals surface area contributed by atoms with Gasteiger partial charge in [0.25, 0.3) is 0 Å². The molecule has 32 heavy (non-hydrogen) atoms. The van der Waals surface area contributed by atoms with Gasteiger partial charge in [-0.15, -0.1) is 0 Å². The van der Waals surface area contributed by atoms with Gasteiger partial charge >= 0.3 is 0 Å². The second-order valence-corrected chi connectivity index (χ2v) is 6.73. The van der Waals surface area contributed by atoms with Gasteiger partial charge in [-0.25, -0.2) is 0 Å². The first-order valence-electron chi connectivity index (χ1n) is 10.7. The molecule has 0 N–H and O–H groups in total. The van der Waals surface area contributed by atoms with Gasteiger partial charge in [-0.2, -0.15) is 0 Å². The zero-order valence-electron chi connectivity index (χ0n) is 19.5. The summed E-state index contributed by atoms with van der Waals surface area (Å²) in [5.74, 6) is 0. The van der Waals surface area contributed by atoms with Crippen LogP contribution in [0.25, 0.3) is 21.5 Å². The third-order valence-corrected chi connectivity index (χ3v) is 4.86. The number of fused-ring (bicyclic) bond motifs is 3. The van der Waals surface area contributed by atoms with E-state index in [1.54, 1.807) is 37.3 Å². The molecule has 0 aromatic heterocycles. The lowest BCUT2D eigenvalue weighted by Crippen LogP contribution is -1.87. The quantitative estimate of drug-likeness (QED) is 0.282. The summed E-state index contributed by atoms with van der Waals surface area (Å²) in [5.41, 5.74) is 4.76. The van der Waals surface area contributed by atoms with Crippen molar-refractivity contribution in [1.82, 2.24) is 0 Å². The molecule has 6 nitrogen and oxygen atoms in total. The van der Waals surface area contributed by atoms with Crippen LogP contribution in [0.4, 0.5) is 34.1 Å². The molecule has 0 aliphatic carbocycles. The first-order valence-corrected chi connectivity index (χ1v) is 10.7. The zero-order valence-corrected chi connectivity index (χ0v) is 19.5. The zero-order chi connectivity index (χ0) is 23.1. The highest BCUT2D eigenvalue weighted by atomic mass is 14.9. The van der Waals surface area contributed by atoms with Gasteiger partial charge in [-0.05, 0) is 65.8 Å². The number of benzene rings is 3. The summed E-state index contributed by atoms with van der Waals surface area (Å²) >= 11 is 0. The maximum atomic E-state index is 4.77. The first kappa shape index (κ1) is 22.9. The van der Waals surface area contributed by atoms with Gasteiger partial charge in [-0.1, -0.05) is 0 Å². The van der Waals surface area contributed by atoms with E-state index >= 15 is 0 Å². The Morgan fingerprint density at radius 2 is 0.625 bits per heavy atom. The van der Waals surface area contributed by atoms with Gasteiger partial charge in [0, 0.05) is 58.8 Å². The molecule has 162 valence electrons. The van der Waals surface area contributed by atoms with Crippen molar-refractivity contribution in [1.29, 1.82) is 0 Å². The molecule has 3 aromatic carbocycles. The summed E-state index contributed by atoms with van der Waals surface area (Å²) < 4.78 is 0. The van der Waals surface area contributed by atoms with Crippen LogP contribution >= 0.6 is 0 Å². The molecule has 6 heteroatoms. The maximum Gasteiger partial charge on any atom is 0.0990 e. The average Bonchev–Trinajstić information content (AvgIpc) is 2.79. The number of nitrogens with zero attached hydrogens (tertiary/aromatic N) is 6. The molecule has 0 radical (unpaired) electrons. The number of hydrogen-bond donors (Lipinski definition) is 0. The summed E-state index contributed by atoms with van der Waals surface area (Å²) in [6, 6.07) is 7.92. The number of rotatable bonds is 6. The van der Waals surface area contributed by atoms with E-state index in [2.05, 4.69) is 20.0 Å². The molecule has 3 rings (SSSR count). The van der Waals surface area contributed by atoms with Crippen LogP contribution in [0.1, 0.15) is 41.5 Å². The van der Waals surface area contributed by atoms with E-state index in [-0.39, 0.29) is 0 Å². The molecule has 0 aliphatic heterocycles. The minimum atomic E-state index is 0.743. The molecule has 3 aromatic rings. The number of hydrogen-bond acceptors (Lipinski definition) is 6. The summed E-state index contributed by atoms with van der Waals surface area (Å²) in [5, 5.41) is 3.65. The highest BCUT2D eigenvalue weighted by Crippen LogP contribution is 2.54. The molecule has 0 aliphatic rings.